The summed E-state index contributed by atoms with van der Waals surface area (Å²) >= 11 is 0. The SMILES string of the molecule is C=Cc1ccc2c(c1)c(O[C@H]1CN[C@H](C(=O)OC)C1)nc1ccccc12.Cl. The molecule has 0 saturated carbocycles. The van der Waals surface area contributed by atoms with Gasteiger partial charge in [-0.05, 0) is 23.1 Å². The Morgan fingerprint density at radius 2 is 2.04 bits per heavy atom. The van der Waals surface area contributed by atoms with Crippen molar-refractivity contribution in [2.24, 2.45) is 0 Å². The number of methoxy groups -OCH3 is 1. The molecule has 2 heterocycles. The third kappa shape index (κ3) is 3.61. The van der Waals surface area contributed by atoms with E-state index in [0.717, 1.165) is 27.2 Å². The molecule has 4 rings (SSSR count). The lowest BCUT2D eigenvalue weighted by Crippen LogP contribution is -2.31. The highest BCUT2D eigenvalue weighted by molar-refractivity contribution is 6.08. The van der Waals surface area contributed by atoms with Crippen LogP contribution in [0.5, 0.6) is 5.88 Å². The summed E-state index contributed by atoms with van der Waals surface area (Å²) in [6.45, 7) is 4.43. The highest BCUT2D eigenvalue weighted by Crippen LogP contribution is 2.33. The first kappa shape index (κ1) is 19.1. The van der Waals surface area contributed by atoms with Crippen LogP contribution >= 0.6 is 12.4 Å². The fourth-order valence-electron chi connectivity index (χ4n) is 3.43. The van der Waals surface area contributed by atoms with Gasteiger partial charge in [0.15, 0.2) is 0 Å². The normalized spacial score (nSPS) is 18.9. The summed E-state index contributed by atoms with van der Waals surface area (Å²) in [4.78, 5) is 16.4. The first-order valence-electron chi connectivity index (χ1n) is 8.62. The van der Waals surface area contributed by atoms with E-state index in [1.807, 2.05) is 36.4 Å². The van der Waals surface area contributed by atoms with E-state index in [9.17, 15) is 4.79 Å². The lowest BCUT2D eigenvalue weighted by Gasteiger charge is -2.15. The average Bonchev–Trinajstić information content (AvgIpc) is 3.15. The number of pyridine rings is 1. The molecular formula is C21H21ClN2O3. The molecule has 27 heavy (non-hydrogen) atoms. The largest absolute Gasteiger partial charge is 0.472 e. The molecule has 5 nitrogen and oxygen atoms in total. The summed E-state index contributed by atoms with van der Waals surface area (Å²) in [5, 5.41) is 6.26. The second kappa shape index (κ2) is 7.94. The molecule has 1 aromatic heterocycles. The summed E-state index contributed by atoms with van der Waals surface area (Å²) in [6.07, 6.45) is 2.23. The molecule has 0 radical (unpaired) electrons. The van der Waals surface area contributed by atoms with E-state index in [0.29, 0.717) is 18.8 Å². The summed E-state index contributed by atoms with van der Waals surface area (Å²) in [7, 11) is 1.40. The van der Waals surface area contributed by atoms with Gasteiger partial charge in [0.05, 0.1) is 12.6 Å². The molecule has 0 unspecified atom stereocenters. The van der Waals surface area contributed by atoms with E-state index in [-0.39, 0.29) is 30.5 Å². The van der Waals surface area contributed by atoms with Gasteiger partial charge in [0.25, 0.3) is 0 Å². The standard InChI is InChI=1S/C21H20N2O3.ClH/c1-3-13-8-9-15-16-6-4-5-7-18(16)23-20(17(15)10-13)26-14-11-19(22-12-14)21(24)25-2;/h3-10,14,19,22H,1,11-12H2,2H3;1H/t14-,19+;/m1./s1. The number of aromatic nitrogens is 1. The van der Waals surface area contributed by atoms with Crippen molar-refractivity contribution >= 4 is 46.1 Å². The van der Waals surface area contributed by atoms with Gasteiger partial charge >= 0.3 is 5.97 Å². The Hall–Kier alpha value is -2.63. The lowest BCUT2D eigenvalue weighted by atomic mass is 10.0. The summed E-state index contributed by atoms with van der Waals surface area (Å²) in [5.74, 6) is 0.320. The van der Waals surface area contributed by atoms with Crippen LogP contribution in [-0.4, -0.2) is 36.8 Å². The quantitative estimate of drug-likeness (QED) is 0.548. The Kier molecular flexibility index (Phi) is 5.63. The van der Waals surface area contributed by atoms with Crippen LogP contribution in [0, 0.1) is 0 Å². The van der Waals surface area contributed by atoms with Crippen molar-refractivity contribution in [1.82, 2.24) is 10.3 Å². The number of hydrogen-bond donors (Lipinski definition) is 1. The van der Waals surface area contributed by atoms with E-state index in [2.05, 4.69) is 24.0 Å². The van der Waals surface area contributed by atoms with Crippen LogP contribution in [0.25, 0.3) is 27.8 Å². The zero-order chi connectivity index (χ0) is 18.1. The maximum atomic E-state index is 11.7. The molecule has 2 atom stereocenters. The van der Waals surface area contributed by atoms with E-state index >= 15 is 0 Å². The van der Waals surface area contributed by atoms with E-state index in [1.54, 1.807) is 0 Å². The van der Waals surface area contributed by atoms with Gasteiger partial charge in [0.1, 0.15) is 12.1 Å². The van der Waals surface area contributed by atoms with Gasteiger partial charge in [-0.2, -0.15) is 0 Å². The number of esters is 1. The van der Waals surface area contributed by atoms with Crippen molar-refractivity contribution < 1.29 is 14.3 Å². The number of benzene rings is 2. The van der Waals surface area contributed by atoms with Crippen molar-refractivity contribution in [3.63, 3.8) is 0 Å². The first-order valence-corrected chi connectivity index (χ1v) is 8.62. The molecule has 0 spiro atoms. The molecule has 3 aromatic rings. The van der Waals surface area contributed by atoms with E-state index in [1.165, 1.54) is 7.11 Å². The molecule has 0 amide bonds. The summed E-state index contributed by atoms with van der Waals surface area (Å²) in [6, 6.07) is 13.8. The van der Waals surface area contributed by atoms with Gasteiger partial charge in [-0.1, -0.05) is 43.0 Å². The van der Waals surface area contributed by atoms with Crippen molar-refractivity contribution in [3.8, 4) is 5.88 Å². The second-order valence-electron chi connectivity index (χ2n) is 6.40. The number of halogens is 1. The van der Waals surface area contributed by atoms with Gasteiger partial charge in [-0.15, -0.1) is 12.4 Å². The Morgan fingerprint density at radius 3 is 2.81 bits per heavy atom. The monoisotopic (exact) mass is 384 g/mol. The predicted molar refractivity (Wildman–Crippen MR) is 109 cm³/mol. The molecular weight excluding hydrogens is 364 g/mol. The van der Waals surface area contributed by atoms with Crippen LogP contribution in [0.4, 0.5) is 0 Å². The van der Waals surface area contributed by atoms with Gasteiger partial charge in [-0.25, -0.2) is 4.98 Å². The van der Waals surface area contributed by atoms with Crippen LogP contribution in [0.3, 0.4) is 0 Å². The third-order valence-electron chi connectivity index (χ3n) is 4.78. The summed E-state index contributed by atoms with van der Waals surface area (Å²) < 4.78 is 11.0. The minimum absolute atomic E-state index is 0. The minimum atomic E-state index is -0.333. The Morgan fingerprint density at radius 1 is 1.22 bits per heavy atom. The van der Waals surface area contributed by atoms with Gasteiger partial charge < -0.3 is 14.8 Å². The zero-order valence-electron chi connectivity index (χ0n) is 15.0. The number of carbonyl (C=O) groups excluding carboxylic acids is 1. The highest BCUT2D eigenvalue weighted by Gasteiger charge is 2.32. The Labute approximate surface area is 163 Å². The van der Waals surface area contributed by atoms with Crippen LogP contribution < -0.4 is 10.1 Å². The molecule has 2 aromatic carbocycles. The van der Waals surface area contributed by atoms with E-state index < -0.39 is 0 Å². The number of nitrogens with one attached hydrogen (secondary N) is 1. The van der Waals surface area contributed by atoms with Crippen LogP contribution in [0.15, 0.2) is 49.0 Å². The molecule has 140 valence electrons. The fraction of sp³-hybridized carbons (Fsp3) is 0.238. The van der Waals surface area contributed by atoms with Crippen LogP contribution in [0.1, 0.15) is 12.0 Å². The number of nitrogens with zero attached hydrogens (tertiary/aromatic N) is 1. The number of rotatable bonds is 4. The van der Waals surface area contributed by atoms with E-state index in [4.69, 9.17) is 14.5 Å². The minimum Gasteiger partial charge on any atom is -0.472 e. The molecule has 1 saturated heterocycles. The molecule has 0 bridgehead atoms. The molecule has 0 aliphatic carbocycles. The zero-order valence-corrected chi connectivity index (χ0v) is 15.8. The van der Waals surface area contributed by atoms with Crippen LogP contribution in [-0.2, 0) is 9.53 Å². The van der Waals surface area contributed by atoms with Crippen LogP contribution in [0.2, 0.25) is 0 Å². The highest BCUT2D eigenvalue weighted by atomic mass is 35.5. The Bertz CT molecular complexity index is 1010. The maximum absolute atomic E-state index is 11.7. The van der Waals surface area contributed by atoms with Gasteiger partial charge in [0.2, 0.25) is 5.88 Å². The fourth-order valence-corrected chi connectivity index (χ4v) is 3.43. The average molecular weight is 385 g/mol. The van der Waals surface area contributed by atoms with Gasteiger partial charge in [0, 0.05) is 23.7 Å². The maximum Gasteiger partial charge on any atom is 0.323 e. The molecule has 1 aliphatic heterocycles. The number of ether oxygens (including phenoxy) is 2. The number of fused-ring (bicyclic) bond motifs is 3. The number of carbonyl (C=O) groups is 1. The van der Waals surface area contributed by atoms with Crippen molar-refractivity contribution in [2.45, 2.75) is 18.6 Å². The topological polar surface area (TPSA) is 60.5 Å². The molecule has 1 fully saturated rings. The summed E-state index contributed by atoms with van der Waals surface area (Å²) in [5.41, 5.74) is 1.90. The first-order chi connectivity index (χ1) is 12.7. The third-order valence-corrected chi connectivity index (χ3v) is 4.78. The van der Waals surface area contributed by atoms with Gasteiger partial charge in [-0.3, -0.25) is 4.79 Å². The second-order valence-corrected chi connectivity index (χ2v) is 6.40. The number of para-hydroxylation sites is 1. The smallest absolute Gasteiger partial charge is 0.323 e. The number of hydrogen-bond acceptors (Lipinski definition) is 5. The van der Waals surface area contributed by atoms with Crippen molar-refractivity contribution in [1.29, 1.82) is 0 Å². The molecule has 6 heteroatoms. The predicted octanol–water partition coefficient (Wildman–Crippen LogP) is 3.74. The molecule has 1 N–H and O–H groups in total. The molecule has 1 aliphatic rings. The Balaban J connectivity index is 0.00000210. The van der Waals surface area contributed by atoms with Crippen molar-refractivity contribution in [2.75, 3.05) is 13.7 Å². The lowest BCUT2D eigenvalue weighted by molar-refractivity contribution is -0.142. The van der Waals surface area contributed by atoms with Crippen molar-refractivity contribution in [3.05, 3.63) is 54.6 Å².